The van der Waals surface area contributed by atoms with Crippen LogP contribution >= 0.6 is 15.9 Å². The zero-order valence-corrected chi connectivity index (χ0v) is 9.73. The summed E-state index contributed by atoms with van der Waals surface area (Å²) in [6.45, 7) is 0. The summed E-state index contributed by atoms with van der Waals surface area (Å²) in [6, 6.07) is 4.83. The van der Waals surface area contributed by atoms with Crippen molar-refractivity contribution in [2.45, 2.75) is 25.2 Å². The number of hydrogen-bond donors (Lipinski definition) is 1. The molecule has 6 heteroatoms. The fraction of sp³-hybridized carbons (Fsp3) is 0.400. The van der Waals surface area contributed by atoms with Crippen molar-refractivity contribution in [1.29, 1.82) is 0 Å². The highest BCUT2D eigenvalue weighted by molar-refractivity contribution is 9.10. The molecule has 1 N–H and O–H groups in total. The number of ether oxygens (including phenoxy) is 1. The van der Waals surface area contributed by atoms with Gasteiger partial charge in [-0.1, -0.05) is 15.9 Å². The lowest BCUT2D eigenvalue weighted by atomic mass is 10.3. The zero-order valence-electron chi connectivity index (χ0n) is 8.14. The van der Waals surface area contributed by atoms with Gasteiger partial charge < -0.3 is 10.1 Å². The molecule has 1 aliphatic carbocycles. The van der Waals surface area contributed by atoms with Crippen LogP contribution in [0.25, 0.3) is 0 Å². The van der Waals surface area contributed by atoms with Gasteiger partial charge in [-0.25, -0.2) is 0 Å². The van der Waals surface area contributed by atoms with Crippen LogP contribution in [0, 0.1) is 0 Å². The molecule has 0 unspecified atom stereocenters. The van der Waals surface area contributed by atoms with E-state index in [2.05, 4.69) is 26.0 Å². The van der Waals surface area contributed by atoms with Gasteiger partial charge in [-0.3, -0.25) is 0 Å². The van der Waals surface area contributed by atoms with E-state index in [0.29, 0.717) is 10.2 Å². The van der Waals surface area contributed by atoms with Crippen LogP contribution in [0.2, 0.25) is 0 Å². The molecule has 0 aliphatic heterocycles. The van der Waals surface area contributed by atoms with Crippen molar-refractivity contribution in [3.63, 3.8) is 0 Å². The molecular formula is C10H9BrF3NO. The highest BCUT2D eigenvalue weighted by Gasteiger charge is 2.33. The van der Waals surface area contributed by atoms with Crippen LogP contribution in [0.1, 0.15) is 12.8 Å². The van der Waals surface area contributed by atoms with Crippen molar-refractivity contribution in [2.75, 3.05) is 5.32 Å². The fourth-order valence-corrected chi connectivity index (χ4v) is 1.61. The van der Waals surface area contributed by atoms with E-state index in [0.717, 1.165) is 12.8 Å². The lowest BCUT2D eigenvalue weighted by Gasteiger charge is -2.14. The minimum atomic E-state index is -4.67. The first-order chi connectivity index (χ1) is 7.44. The number of benzene rings is 1. The molecule has 1 fully saturated rings. The number of hydrogen-bond acceptors (Lipinski definition) is 2. The number of anilines is 1. The van der Waals surface area contributed by atoms with Crippen LogP contribution < -0.4 is 10.1 Å². The maximum atomic E-state index is 12.1. The molecule has 0 atom stereocenters. The SMILES string of the molecule is FC(F)(F)Oc1cc(Br)ccc1NC1CC1. The third-order valence-electron chi connectivity index (χ3n) is 2.11. The minimum absolute atomic E-state index is 0.200. The topological polar surface area (TPSA) is 21.3 Å². The third kappa shape index (κ3) is 3.30. The maximum absolute atomic E-state index is 12.1. The average molecular weight is 296 g/mol. The summed E-state index contributed by atoms with van der Waals surface area (Å²) >= 11 is 3.11. The van der Waals surface area contributed by atoms with E-state index in [4.69, 9.17) is 0 Å². The van der Waals surface area contributed by atoms with E-state index < -0.39 is 6.36 Å². The van der Waals surface area contributed by atoms with Gasteiger partial charge in [-0.05, 0) is 31.0 Å². The quantitative estimate of drug-likeness (QED) is 0.912. The predicted molar refractivity (Wildman–Crippen MR) is 57.5 cm³/mol. The van der Waals surface area contributed by atoms with Crippen molar-refractivity contribution >= 4 is 21.6 Å². The summed E-state index contributed by atoms with van der Waals surface area (Å²) in [7, 11) is 0. The van der Waals surface area contributed by atoms with Crippen LogP contribution in [-0.4, -0.2) is 12.4 Å². The molecular weight excluding hydrogens is 287 g/mol. The molecule has 1 aliphatic rings. The van der Waals surface area contributed by atoms with Gasteiger partial charge in [0.25, 0.3) is 0 Å². The molecule has 0 heterocycles. The fourth-order valence-electron chi connectivity index (χ4n) is 1.27. The summed E-state index contributed by atoms with van der Waals surface area (Å²) in [4.78, 5) is 0. The summed E-state index contributed by atoms with van der Waals surface area (Å²) in [5, 5.41) is 2.99. The van der Waals surface area contributed by atoms with Crippen molar-refractivity contribution in [3.05, 3.63) is 22.7 Å². The third-order valence-corrected chi connectivity index (χ3v) is 2.60. The van der Waals surface area contributed by atoms with Gasteiger partial charge in [0.05, 0.1) is 5.69 Å². The average Bonchev–Trinajstić information content (AvgIpc) is 2.91. The van der Waals surface area contributed by atoms with Crippen LogP contribution in [0.5, 0.6) is 5.75 Å². The molecule has 0 saturated heterocycles. The molecule has 0 spiro atoms. The van der Waals surface area contributed by atoms with Gasteiger partial charge >= 0.3 is 6.36 Å². The number of alkyl halides is 3. The Bertz CT molecular complexity index is 390. The molecule has 0 radical (unpaired) electrons. The van der Waals surface area contributed by atoms with E-state index in [1.807, 2.05) is 0 Å². The van der Waals surface area contributed by atoms with Gasteiger partial charge in [0.1, 0.15) is 0 Å². The molecule has 0 aromatic heterocycles. The molecule has 16 heavy (non-hydrogen) atoms. The van der Waals surface area contributed by atoms with Crippen LogP contribution in [0.4, 0.5) is 18.9 Å². The molecule has 88 valence electrons. The Hall–Kier alpha value is -0.910. The van der Waals surface area contributed by atoms with E-state index in [-0.39, 0.29) is 11.8 Å². The highest BCUT2D eigenvalue weighted by Crippen LogP contribution is 2.35. The second kappa shape index (κ2) is 4.16. The molecule has 2 nitrogen and oxygen atoms in total. The summed E-state index contributed by atoms with van der Waals surface area (Å²) in [6.07, 6.45) is -2.69. The zero-order chi connectivity index (χ0) is 11.8. The molecule has 1 aromatic rings. The van der Waals surface area contributed by atoms with E-state index >= 15 is 0 Å². The molecule has 0 amide bonds. The van der Waals surface area contributed by atoms with Crippen LogP contribution in [0.3, 0.4) is 0 Å². The Balaban J connectivity index is 2.20. The Labute approximate surface area is 98.9 Å². The Kier molecular flexibility index (Phi) is 3.01. The second-order valence-electron chi connectivity index (χ2n) is 3.61. The van der Waals surface area contributed by atoms with Crippen molar-refractivity contribution < 1.29 is 17.9 Å². The van der Waals surface area contributed by atoms with E-state index in [9.17, 15) is 13.2 Å². The van der Waals surface area contributed by atoms with Gasteiger partial charge in [-0.15, -0.1) is 13.2 Å². The Morgan fingerprint density at radius 1 is 1.31 bits per heavy atom. The highest BCUT2D eigenvalue weighted by atomic mass is 79.9. The lowest BCUT2D eigenvalue weighted by Crippen LogP contribution is -2.18. The predicted octanol–water partition coefficient (Wildman–Crippen LogP) is 3.92. The standard InChI is InChI=1S/C10H9BrF3NO/c11-6-1-4-8(15-7-2-3-7)9(5-6)16-10(12,13)14/h1,4-5,7,15H,2-3H2. The van der Waals surface area contributed by atoms with Crippen molar-refractivity contribution in [3.8, 4) is 5.75 Å². The Morgan fingerprint density at radius 3 is 2.56 bits per heavy atom. The summed E-state index contributed by atoms with van der Waals surface area (Å²) in [5.41, 5.74) is 0.378. The molecule has 1 aromatic carbocycles. The molecule has 1 saturated carbocycles. The van der Waals surface area contributed by atoms with Gasteiger partial charge in [0.15, 0.2) is 5.75 Å². The van der Waals surface area contributed by atoms with Crippen molar-refractivity contribution in [1.82, 2.24) is 0 Å². The second-order valence-corrected chi connectivity index (χ2v) is 4.52. The van der Waals surface area contributed by atoms with Gasteiger partial charge in [0.2, 0.25) is 0 Å². The minimum Gasteiger partial charge on any atom is -0.404 e. The monoisotopic (exact) mass is 295 g/mol. The first-order valence-electron chi connectivity index (χ1n) is 4.76. The van der Waals surface area contributed by atoms with Gasteiger partial charge in [0, 0.05) is 10.5 Å². The summed E-state index contributed by atoms with van der Waals surface area (Å²) in [5.74, 6) is -0.200. The smallest absolute Gasteiger partial charge is 0.404 e. The number of halogens is 4. The largest absolute Gasteiger partial charge is 0.573 e. The van der Waals surface area contributed by atoms with E-state index in [1.54, 1.807) is 12.1 Å². The first kappa shape index (κ1) is 11.6. The normalized spacial score (nSPS) is 16.0. The maximum Gasteiger partial charge on any atom is 0.573 e. The van der Waals surface area contributed by atoms with E-state index in [1.165, 1.54) is 6.07 Å². The van der Waals surface area contributed by atoms with Crippen LogP contribution in [0.15, 0.2) is 22.7 Å². The first-order valence-corrected chi connectivity index (χ1v) is 5.55. The van der Waals surface area contributed by atoms with Crippen LogP contribution in [-0.2, 0) is 0 Å². The van der Waals surface area contributed by atoms with Gasteiger partial charge in [-0.2, -0.15) is 0 Å². The number of rotatable bonds is 3. The molecule has 2 rings (SSSR count). The lowest BCUT2D eigenvalue weighted by molar-refractivity contribution is -0.274. The molecule has 0 bridgehead atoms. The number of nitrogens with one attached hydrogen (secondary N) is 1. The van der Waals surface area contributed by atoms with Crippen molar-refractivity contribution in [2.24, 2.45) is 0 Å². The Morgan fingerprint density at radius 2 is 2.00 bits per heavy atom. The summed E-state index contributed by atoms with van der Waals surface area (Å²) < 4.78 is 40.9.